The topological polar surface area (TPSA) is 0 Å². The van der Waals surface area contributed by atoms with Gasteiger partial charge in [-0.05, 0) is 24.7 Å². The van der Waals surface area contributed by atoms with E-state index in [9.17, 15) is 0 Å². The second kappa shape index (κ2) is 2.34. The molecule has 0 unspecified atom stereocenters. The molecule has 9 heavy (non-hydrogen) atoms. The van der Waals surface area contributed by atoms with Crippen LogP contribution >= 0.6 is 11.6 Å². The summed E-state index contributed by atoms with van der Waals surface area (Å²) in [5.74, 6) is 0. The maximum absolute atomic E-state index is 5.86. The molecular weight excluding hydrogens is 132 g/mol. The average molecular weight is 145 g/mol. The van der Waals surface area contributed by atoms with Crippen molar-refractivity contribution in [3.63, 3.8) is 0 Å². The van der Waals surface area contributed by atoms with E-state index in [-0.39, 0.29) is 0 Å². The largest absolute Gasteiger partial charge is 0.0895 e. The van der Waals surface area contributed by atoms with E-state index in [2.05, 4.69) is 19.9 Å². The van der Waals surface area contributed by atoms with E-state index in [0.717, 1.165) is 11.5 Å². The fourth-order valence-corrected chi connectivity index (χ4v) is 1.71. The Balaban J connectivity index is 2.68. The standard InChI is InChI=1S/C8H13Cl/c1-8(2)5-3-4-7(9)6-8/h6H,3-5H2,1-2H3. The van der Waals surface area contributed by atoms with E-state index in [1.54, 1.807) is 0 Å². The van der Waals surface area contributed by atoms with Crippen LogP contribution in [0.3, 0.4) is 0 Å². The SMILES string of the molecule is CC1(C)C=C(Cl)CCC1. The van der Waals surface area contributed by atoms with Gasteiger partial charge in [0.25, 0.3) is 0 Å². The van der Waals surface area contributed by atoms with Gasteiger partial charge in [0, 0.05) is 5.03 Å². The Hall–Kier alpha value is 0.0300. The summed E-state index contributed by atoms with van der Waals surface area (Å²) in [5.41, 5.74) is 0.356. The molecule has 0 heterocycles. The van der Waals surface area contributed by atoms with Crippen LogP contribution < -0.4 is 0 Å². The van der Waals surface area contributed by atoms with Crippen LogP contribution in [0.1, 0.15) is 33.1 Å². The van der Waals surface area contributed by atoms with Crippen LogP contribution in [0.25, 0.3) is 0 Å². The summed E-state index contributed by atoms with van der Waals surface area (Å²) in [6, 6.07) is 0. The molecule has 52 valence electrons. The lowest BCUT2D eigenvalue weighted by Gasteiger charge is -2.24. The molecule has 0 N–H and O–H groups in total. The van der Waals surface area contributed by atoms with E-state index in [4.69, 9.17) is 11.6 Å². The summed E-state index contributed by atoms with van der Waals surface area (Å²) >= 11 is 5.86. The molecule has 0 spiro atoms. The fraction of sp³-hybridized carbons (Fsp3) is 0.750. The quantitative estimate of drug-likeness (QED) is 0.489. The lowest BCUT2D eigenvalue weighted by Crippen LogP contribution is -2.11. The molecule has 0 fully saturated rings. The Morgan fingerprint density at radius 2 is 2.22 bits per heavy atom. The van der Waals surface area contributed by atoms with Crippen molar-refractivity contribution >= 4 is 11.6 Å². The zero-order chi connectivity index (χ0) is 6.91. The minimum Gasteiger partial charge on any atom is -0.0895 e. The van der Waals surface area contributed by atoms with Gasteiger partial charge in [0.15, 0.2) is 0 Å². The Morgan fingerprint density at radius 1 is 1.56 bits per heavy atom. The first-order chi connectivity index (χ1) is 4.10. The molecule has 0 saturated carbocycles. The highest BCUT2D eigenvalue weighted by atomic mass is 35.5. The van der Waals surface area contributed by atoms with Crippen molar-refractivity contribution in [2.75, 3.05) is 0 Å². The number of halogens is 1. The highest BCUT2D eigenvalue weighted by molar-refractivity contribution is 6.29. The van der Waals surface area contributed by atoms with Crippen LogP contribution in [0, 0.1) is 5.41 Å². The highest BCUT2D eigenvalue weighted by Gasteiger charge is 2.18. The van der Waals surface area contributed by atoms with Crippen LogP contribution in [-0.4, -0.2) is 0 Å². The molecular formula is C8H13Cl. The lowest BCUT2D eigenvalue weighted by molar-refractivity contribution is 0.403. The van der Waals surface area contributed by atoms with Gasteiger partial charge in [-0.25, -0.2) is 0 Å². The molecule has 0 atom stereocenters. The molecule has 1 heteroatoms. The third kappa shape index (κ3) is 2.02. The van der Waals surface area contributed by atoms with Crippen LogP contribution in [0.4, 0.5) is 0 Å². The molecule has 0 aromatic rings. The monoisotopic (exact) mass is 144 g/mol. The summed E-state index contributed by atoms with van der Waals surface area (Å²) < 4.78 is 0. The minimum absolute atomic E-state index is 0.356. The van der Waals surface area contributed by atoms with Gasteiger partial charge in [-0.1, -0.05) is 31.5 Å². The molecule has 0 radical (unpaired) electrons. The highest BCUT2D eigenvalue weighted by Crippen LogP contribution is 2.34. The van der Waals surface area contributed by atoms with Gasteiger partial charge in [-0.2, -0.15) is 0 Å². The molecule has 1 rings (SSSR count). The third-order valence-electron chi connectivity index (χ3n) is 1.78. The summed E-state index contributed by atoms with van der Waals surface area (Å²) in [4.78, 5) is 0. The van der Waals surface area contributed by atoms with Gasteiger partial charge in [0.2, 0.25) is 0 Å². The van der Waals surface area contributed by atoms with Gasteiger partial charge in [-0.15, -0.1) is 0 Å². The van der Waals surface area contributed by atoms with Crippen LogP contribution in [0.2, 0.25) is 0 Å². The molecule has 0 amide bonds. The molecule has 0 aliphatic heterocycles. The van der Waals surface area contributed by atoms with Crippen molar-refractivity contribution in [3.8, 4) is 0 Å². The average Bonchev–Trinajstić information content (AvgIpc) is 1.60. The molecule has 0 nitrogen and oxygen atoms in total. The first-order valence-corrected chi connectivity index (χ1v) is 3.85. The molecule has 0 bridgehead atoms. The number of hydrogen-bond acceptors (Lipinski definition) is 0. The predicted octanol–water partition coefficient (Wildman–Crippen LogP) is 3.32. The Bertz CT molecular complexity index is 134. The van der Waals surface area contributed by atoms with Crippen molar-refractivity contribution in [3.05, 3.63) is 11.1 Å². The number of rotatable bonds is 0. The Labute approximate surface area is 61.9 Å². The maximum Gasteiger partial charge on any atom is 0.0146 e. The summed E-state index contributed by atoms with van der Waals surface area (Å²) in [6.45, 7) is 4.46. The maximum atomic E-state index is 5.86. The van der Waals surface area contributed by atoms with Crippen LogP contribution in [0.5, 0.6) is 0 Å². The van der Waals surface area contributed by atoms with Crippen LogP contribution in [0.15, 0.2) is 11.1 Å². The Kier molecular flexibility index (Phi) is 1.85. The third-order valence-corrected chi connectivity index (χ3v) is 2.08. The summed E-state index contributed by atoms with van der Waals surface area (Å²) in [7, 11) is 0. The van der Waals surface area contributed by atoms with Crippen LogP contribution in [-0.2, 0) is 0 Å². The van der Waals surface area contributed by atoms with E-state index in [1.807, 2.05) is 0 Å². The Morgan fingerprint density at radius 3 is 2.56 bits per heavy atom. The summed E-state index contributed by atoms with van der Waals surface area (Å²) in [5, 5.41) is 1.05. The normalized spacial score (nSPS) is 25.4. The van der Waals surface area contributed by atoms with E-state index < -0.39 is 0 Å². The van der Waals surface area contributed by atoms with Crippen molar-refractivity contribution in [2.24, 2.45) is 5.41 Å². The zero-order valence-corrected chi connectivity index (χ0v) is 6.83. The van der Waals surface area contributed by atoms with Crippen molar-refractivity contribution in [1.82, 2.24) is 0 Å². The molecule has 0 saturated heterocycles. The summed E-state index contributed by atoms with van der Waals surface area (Å²) in [6.07, 6.45) is 5.80. The van der Waals surface area contributed by atoms with Crippen molar-refractivity contribution in [1.29, 1.82) is 0 Å². The van der Waals surface area contributed by atoms with Gasteiger partial charge < -0.3 is 0 Å². The second-order valence-electron chi connectivity index (χ2n) is 3.43. The molecule has 0 aromatic heterocycles. The second-order valence-corrected chi connectivity index (χ2v) is 3.92. The molecule has 0 aromatic carbocycles. The predicted molar refractivity (Wildman–Crippen MR) is 41.6 cm³/mol. The smallest absolute Gasteiger partial charge is 0.0146 e. The minimum atomic E-state index is 0.356. The van der Waals surface area contributed by atoms with E-state index >= 15 is 0 Å². The zero-order valence-electron chi connectivity index (χ0n) is 6.08. The van der Waals surface area contributed by atoms with E-state index in [1.165, 1.54) is 12.8 Å². The number of hydrogen-bond donors (Lipinski definition) is 0. The van der Waals surface area contributed by atoms with Gasteiger partial charge >= 0.3 is 0 Å². The van der Waals surface area contributed by atoms with Gasteiger partial charge in [-0.3, -0.25) is 0 Å². The number of allylic oxidation sites excluding steroid dienone is 2. The first-order valence-electron chi connectivity index (χ1n) is 3.47. The first kappa shape index (κ1) is 7.14. The van der Waals surface area contributed by atoms with E-state index in [0.29, 0.717) is 5.41 Å². The molecule has 1 aliphatic carbocycles. The van der Waals surface area contributed by atoms with Crippen molar-refractivity contribution in [2.45, 2.75) is 33.1 Å². The fourth-order valence-electron chi connectivity index (χ4n) is 1.28. The lowest BCUT2D eigenvalue weighted by atomic mass is 9.83. The van der Waals surface area contributed by atoms with Gasteiger partial charge in [0.1, 0.15) is 0 Å². The van der Waals surface area contributed by atoms with Gasteiger partial charge in [0.05, 0.1) is 0 Å². The van der Waals surface area contributed by atoms with Crippen molar-refractivity contribution < 1.29 is 0 Å². The molecule has 1 aliphatic rings.